The van der Waals surface area contributed by atoms with Crippen LogP contribution in [0, 0.1) is 6.92 Å². The third kappa shape index (κ3) is 4.22. The molecule has 5 nitrogen and oxygen atoms in total. The van der Waals surface area contributed by atoms with Gasteiger partial charge in [-0.05, 0) is 44.5 Å². The lowest BCUT2D eigenvalue weighted by atomic mass is 10.2. The van der Waals surface area contributed by atoms with E-state index in [1.807, 2.05) is 29.8 Å². The summed E-state index contributed by atoms with van der Waals surface area (Å²) < 4.78 is 1.93. The zero-order valence-corrected chi connectivity index (χ0v) is 15.3. The van der Waals surface area contributed by atoms with Crippen LogP contribution in [-0.4, -0.2) is 52.8 Å². The minimum Gasteiger partial charge on any atom is -0.390 e. The summed E-state index contributed by atoms with van der Waals surface area (Å²) in [5, 5.41) is 14.2. The van der Waals surface area contributed by atoms with Crippen molar-refractivity contribution >= 4 is 16.8 Å². The van der Waals surface area contributed by atoms with E-state index in [-0.39, 0.29) is 12.5 Å². The Labute approximate surface area is 149 Å². The van der Waals surface area contributed by atoms with Crippen molar-refractivity contribution in [1.82, 2.24) is 14.8 Å². The number of nitrogens with zero attached hydrogens (tertiary/aromatic N) is 2. The molecule has 1 aliphatic rings. The summed E-state index contributed by atoms with van der Waals surface area (Å²) >= 11 is 0. The van der Waals surface area contributed by atoms with Crippen LogP contribution in [0.2, 0.25) is 0 Å². The molecule has 3 rings (SSSR count). The first kappa shape index (κ1) is 18.0. The van der Waals surface area contributed by atoms with Gasteiger partial charge < -0.3 is 19.9 Å². The first-order valence-electron chi connectivity index (χ1n) is 9.30. The Morgan fingerprint density at radius 2 is 1.96 bits per heavy atom. The molecule has 2 aromatic rings. The number of aromatic nitrogens is 1. The lowest BCUT2D eigenvalue weighted by Crippen LogP contribution is -2.40. The van der Waals surface area contributed by atoms with E-state index in [4.69, 9.17) is 0 Å². The van der Waals surface area contributed by atoms with Gasteiger partial charge in [-0.25, -0.2) is 0 Å². The highest BCUT2D eigenvalue weighted by atomic mass is 16.3. The van der Waals surface area contributed by atoms with Crippen molar-refractivity contribution < 1.29 is 9.90 Å². The van der Waals surface area contributed by atoms with E-state index < -0.39 is 6.10 Å². The Hall–Kier alpha value is -1.85. The van der Waals surface area contributed by atoms with Gasteiger partial charge in [-0.3, -0.25) is 4.79 Å². The average Bonchev–Trinajstić information content (AvgIpc) is 2.76. The van der Waals surface area contributed by atoms with Gasteiger partial charge >= 0.3 is 0 Å². The van der Waals surface area contributed by atoms with Crippen molar-refractivity contribution in [3.63, 3.8) is 0 Å². The normalized spacial score (nSPS) is 17.4. The topological polar surface area (TPSA) is 57.5 Å². The van der Waals surface area contributed by atoms with Crippen molar-refractivity contribution in [2.24, 2.45) is 7.05 Å². The predicted molar refractivity (Wildman–Crippen MR) is 101 cm³/mol. The van der Waals surface area contributed by atoms with E-state index in [0.717, 1.165) is 29.6 Å². The number of benzene rings is 1. The quantitative estimate of drug-likeness (QED) is 0.877. The molecule has 1 aliphatic heterocycles. The van der Waals surface area contributed by atoms with Gasteiger partial charge in [-0.1, -0.05) is 31.0 Å². The number of fused-ring (bicyclic) bond motifs is 1. The SMILES string of the molecule is Cc1cccc2cc(C(=O)NC[C@H](O)CN3CCCCCC3)n(C)c12. The molecule has 0 unspecified atom stereocenters. The smallest absolute Gasteiger partial charge is 0.268 e. The number of aryl methyl sites for hydroxylation is 2. The number of aliphatic hydroxyl groups excluding tert-OH is 1. The van der Waals surface area contributed by atoms with Crippen LogP contribution in [0.5, 0.6) is 0 Å². The van der Waals surface area contributed by atoms with Gasteiger partial charge in [0.2, 0.25) is 0 Å². The van der Waals surface area contributed by atoms with Crippen LogP contribution < -0.4 is 5.32 Å². The highest BCUT2D eigenvalue weighted by Gasteiger charge is 2.17. The molecule has 136 valence electrons. The summed E-state index contributed by atoms with van der Waals surface area (Å²) in [4.78, 5) is 14.9. The van der Waals surface area contributed by atoms with Gasteiger partial charge in [0.05, 0.1) is 11.6 Å². The molecule has 1 fully saturated rings. The molecule has 2 heterocycles. The zero-order chi connectivity index (χ0) is 17.8. The molecule has 1 aromatic heterocycles. The molecule has 25 heavy (non-hydrogen) atoms. The molecule has 5 heteroatoms. The molecule has 2 N–H and O–H groups in total. The maximum atomic E-state index is 12.5. The Balaban J connectivity index is 1.59. The van der Waals surface area contributed by atoms with Crippen molar-refractivity contribution in [1.29, 1.82) is 0 Å². The maximum absolute atomic E-state index is 12.5. The van der Waals surface area contributed by atoms with E-state index in [9.17, 15) is 9.90 Å². The maximum Gasteiger partial charge on any atom is 0.268 e. The van der Waals surface area contributed by atoms with E-state index in [2.05, 4.69) is 23.2 Å². The van der Waals surface area contributed by atoms with Crippen molar-refractivity contribution in [2.75, 3.05) is 26.2 Å². The molecule has 1 aromatic carbocycles. The molecule has 0 saturated carbocycles. The second-order valence-corrected chi connectivity index (χ2v) is 7.18. The second kappa shape index (κ2) is 8.02. The van der Waals surface area contributed by atoms with Gasteiger partial charge in [0.15, 0.2) is 0 Å². The van der Waals surface area contributed by atoms with Crippen molar-refractivity contribution in [2.45, 2.75) is 38.7 Å². The fraction of sp³-hybridized carbons (Fsp3) is 0.550. The predicted octanol–water partition coefficient (Wildman–Crippen LogP) is 2.45. The van der Waals surface area contributed by atoms with Gasteiger partial charge in [0.1, 0.15) is 5.69 Å². The van der Waals surface area contributed by atoms with Crippen molar-refractivity contribution in [3.05, 3.63) is 35.5 Å². The Bertz CT molecular complexity index is 730. The monoisotopic (exact) mass is 343 g/mol. The second-order valence-electron chi connectivity index (χ2n) is 7.18. The molecule has 1 saturated heterocycles. The number of hydrogen-bond donors (Lipinski definition) is 2. The van der Waals surface area contributed by atoms with Gasteiger partial charge in [0, 0.05) is 25.5 Å². The number of rotatable bonds is 5. The number of amides is 1. The Morgan fingerprint density at radius 1 is 1.24 bits per heavy atom. The van der Waals surface area contributed by atoms with Crippen LogP contribution in [0.1, 0.15) is 41.7 Å². The largest absolute Gasteiger partial charge is 0.390 e. The Morgan fingerprint density at radius 3 is 2.64 bits per heavy atom. The fourth-order valence-electron chi connectivity index (χ4n) is 3.82. The number of para-hydroxylation sites is 1. The molecular weight excluding hydrogens is 314 g/mol. The number of hydrogen-bond acceptors (Lipinski definition) is 3. The summed E-state index contributed by atoms with van der Waals surface area (Å²) in [6.07, 6.45) is 4.44. The lowest BCUT2D eigenvalue weighted by Gasteiger charge is -2.23. The third-order valence-electron chi connectivity index (χ3n) is 5.16. The minimum absolute atomic E-state index is 0.131. The van der Waals surface area contributed by atoms with Crippen LogP contribution in [0.15, 0.2) is 24.3 Å². The van der Waals surface area contributed by atoms with E-state index in [0.29, 0.717) is 12.2 Å². The number of likely N-dealkylation sites (tertiary alicyclic amines) is 1. The summed E-state index contributed by atoms with van der Waals surface area (Å²) in [5.74, 6) is -0.131. The van der Waals surface area contributed by atoms with Crippen LogP contribution >= 0.6 is 0 Å². The zero-order valence-electron chi connectivity index (χ0n) is 15.3. The molecule has 1 amide bonds. The lowest BCUT2D eigenvalue weighted by molar-refractivity contribution is 0.0856. The fourth-order valence-corrected chi connectivity index (χ4v) is 3.82. The number of β-amino-alcohol motifs (C(OH)–C–C–N with tert-alkyl or cyclic N) is 1. The highest BCUT2D eigenvalue weighted by Crippen LogP contribution is 2.22. The van der Waals surface area contributed by atoms with Crippen LogP contribution in [-0.2, 0) is 7.05 Å². The van der Waals surface area contributed by atoms with Crippen molar-refractivity contribution in [3.8, 4) is 0 Å². The standard InChI is InChI=1S/C20H29N3O2/c1-15-8-7-9-16-12-18(22(2)19(15)16)20(25)21-13-17(24)14-23-10-5-3-4-6-11-23/h7-9,12,17,24H,3-6,10-11,13-14H2,1-2H3,(H,21,25)/t17-/m0/s1. The van der Waals surface area contributed by atoms with E-state index in [1.165, 1.54) is 25.7 Å². The summed E-state index contributed by atoms with van der Waals surface area (Å²) in [7, 11) is 1.91. The molecule has 0 bridgehead atoms. The van der Waals surface area contributed by atoms with E-state index >= 15 is 0 Å². The summed E-state index contributed by atoms with van der Waals surface area (Å²) in [6.45, 7) is 5.07. The molecular formula is C20H29N3O2. The molecule has 0 aliphatic carbocycles. The number of aliphatic hydroxyl groups is 1. The Kier molecular flexibility index (Phi) is 5.76. The molecule has 1 atom stereocenters. The molecule has 0 radical (unpaired) electrons. The van der Waals surface area contributed by atoms with Gasteiger partial charge in [-0.2, -0.15) is 0 Å². The first-order chi connectivity index (χ1) is 12.1. The van der Waals surface area contributed by atoms with Crippen LogP contribution in [0.4, 0.5) is 0 Å². The summed E-state index contributed by atoms with van der Waals surface area (Å²) in [5.41, 5.74) is 2.87. The summed E-state index contributed by atoms with van der Waals surface area (Å²) in [6, 6.07) is 7.99. The van der Waals surface area contributed by atoms with Gasteiger partial charge in [0.25, 0.3) is 5.91 Å². The average molecular weight is 343 g/mol. The first-order valence-corrected chi connectivity index (χ1v) is 9.30. The number of carbonyl (C=O) groups excluding carboxylic acids is 1. The minimum atomic E-state index is -0.529. The van der Waals surface area contributed by atoms with Crippen LogP contribution in [0.3, 0.4) is 0 Å². The number of carbonyl (C=O) groups is 1. The number of nitrogens with one attached hydrogen (secondary N) is 1. The van der Waals surface area contributed by atoms with Gasteiger partial charge in [-0.15, -0.1) is 0 Å². The molecule has 0 spiro atoms. The highest BCUT2D eigenvalue weighted by molar-refractivity contribution is 5.99. The van der Waals surface area contributed by atoms with E-state index in [1.54, 1.807) is 0 Å². The van der Waals surface area contributed by atoms with Crippen LogP contribution in [0.25, 0.3) is 10.9 Å². The third-order valence-corrected chi connectivity index (χ3v) is 5.16.